The number of amides is 1. The zero-order valence-electron chi connectivity index (χ0n) is 13.1. The number of carbonyl (C=O) groups excluding carboxylic acids is 1. The number of methoxy groups -OCH3 is 1. The van der Waals surface area contributed by atoms with Crippen LogP contribution in [0, 0.1) is 5.82 Å². The molecule has 0 aliphatic heterocycles. The lowest BCUT2D eigenvalue weighted by molar-refractivity contribution is 0.0604. The van der Waals surface area contributed by atoms with Gasteiger partial charge in [-0.3, -0.25) is 4.79 Å². The summed E-state index contributed by atoms with van der Waals surface area (Å²) in [6.45, 7) is 3.41. The third-order valence-corrected chi connectivity index (χ3v) is 3.06. The maximum atomic E-state index is 13.7. The minimum absolute atomic E-state index is 0. The Morgan fingerprint density at radius 3 is 2.73 bits per heavy atom. The predicted molar refractivity (Wildman–Crippen MR) is 86.0 cm³/mol. The van der Waals surface area contributed by atoms with E-state index in [4.69, 9.17) is 9.47 Å². The average molecular weight is 335 g/mol. The van der Waals surface area contributed by atoms with Crippen molar-refractivity contribution in [1.82, 2.24) is 10.6 Å². The van der Waals surface area contributed by atoms with Crippen molar-refractivity contribution in [3.05, 3.63) is 35.1 Å². The Labute approximate surface area is 137 Å². The lowest BCUT2D eigenvalue weighted by Gasteiger charge is -2.12. The lowest BCUT2D eigenvalue weighted by atomic mass is 10.1. The van der Waals surface area contributed by atoms with Gasteiger partial charge in [0.05, 0.1) is 19.8 Å². The van der Waals surface area contributed by atoms with Crippen molar-refractivity contribution in [2.24, 2.45) is 0 Å². The third-order valence-electron chi connectivity index (χ3n) is 3.06. The predicted octanol–water partition coefficient (Wildman–Crippen LogP) is 1.75. The summed E-state index contributed by atoms with van der Waals surface area (Å²) in [6.07, 6.45) is 0. The van der Waals surface area contributed by atoms with Crippen molar-refractivity contribution in [2.75, 3.05) is 33.9 Å². The molecule has 7 heteroatoms. The fourth-order valence-corrected chi connectivity index (χ4v) is 1.60. The van der Waals surface area contributed by atoms with Crippen LogP contribution in [0.25, 0.3) is 0 Å². The van der Waals surface area contributed by atoms with Gasteiger partial charge in [0.2, 0.25) is 0 Å². The Morgan fingerprint density at radius 2 is 2.09 bits per heavy atom. The van der Waals surface area contributed by atoms with Gasteiger partial charge in [0.1, 0.15) is 5.82 Å². The van der Waals surface area contributed by atoms with Crippen LogP contribution >= 0.6 is 12.4 Å². The van der Waals surface area contributed by atoms with E-state index < -0.39 is 0 Å². The summed E-state index contributed by atoms with van der Waals surface area (Å²) in [6, 6.07) is 4.44. The molecule has 1 rings (SSSR count). The van der Waals surface area contributed by atoms with Crippen molar-refractivity contribution < 1.29 is 18.7 Å². The molecule has 0 fully saturated rings. The zero-order chi connectivity index (χ0) is 15.7. The zero-order valence-corrected chi connectivity index (χ0v) is 14.0. The molecule has 1 aromatic carbocycles. The molecule has 1 amide bonds. The molecular formula is C15H24ClFN2O3. The molecule has 2 N–H and O–H groups in total. The standard InChI is InChI=1S/C15H23FN2O3.ClH/c1-11(17-2)9-18-15(19)12-4-5-14(16)13(8-12)10-21-7-6-20-3;/h4-5,8,11,17H,6-7,9-10H2,1-3H3,(H,18,19);1H. The molecule has 126 valence electrons. The highest BCUT2D eigenvalue weighted by molar-refractivity contribution is 5.94. The van der Waals surface area contributed by atoms with Crippen molar-refractivity contribution in [3.8, 4) is 0 Å². The van der Waals surface area contributed by atoms with E-state index in [1.807, 2.05) is 14.0 Å². The van der Waals surface area contributed by atoms with Crippen LogP contribution < -0.4 is 10.6 Å². The Kier molecular flexibility index (Phi) is 10.7. The number of hydrogen-bond donors (Lipinski definition) is 2. The SMILES string of the molecule is CNC(C)CNC(=O)c1ccc(F)c(COCCOC)c1.Cl. The van der Waals surface area contributed by atoms with Crippen LogP contribution in [0.1, 0.15) is 22.8 Å². The molecule has 0 aliphatic carbocycles. The molecule has 0 aromatic heterocycles. The van der Waals surface area contributed by atoms with Gasteiger partial charge in [0.15, 0.2) is 0 Å². The number of halogens is 2. The fourth-order valence-electron chi connectivity index (χ4n) is 1.60. The Hall–Kier alpha value is -1.21. The molecule has 0 saturated carbocycles. The second kappa shape index (κ2) is 11.4. The summed E-state index contributed by atoms with van der Waals surface area (Å²) in [5.41, 5.74) is 0.783. The molecule has 1 atom stereocenters. The van der Waals surface area contributed by atoms with Gasteiger partial charge < -0.3 is 20.1 Å². The Bertz CT molecular complexity index is 460. The van der Waals surface area contributed by atoms with Crippen LogP contribution in [0.3, 0.4) is 0 Å². The summed E-state index contributed by atoms with van der Waals surface area (Å²) in [7, 11) is 3.39. The van der Waals surface area contributed by atoms with Crippen molar-refractivity contribution in [2.45, 2.75) is 19.6 Å². The number of hydrogen-bond acceptors (Lipinski definition) is 4. The first kappa shape index (κ1) is 20.8. The van der Waals surface area contributed by atoms with Gasteiger partial charge in [-0.05, 0) is 32.2 Å². The van der Waals surface area contributed by atoms with Crippen molar-refractivity contribution >= 4 is 18.3 Å². The number of rotatable bonds is 9. The van der Waals surface area contributed by atoms with Crippen LogP contribution in [0.4, 0.5) is 4.39 Å². The molecule has 0 bridgehead atoms. The fraction of sp³-hybridized carbons (Fsp3) is 0.533. The molecule has 1 unspecified atom stereocenters. The minimum atomic E-state index is -0.382. The Morgan fingerprint density at radius 1 is 1.36 bits per heavy atom. The van der Waals surface area contributed by atoms with Crippen LogP contribution in [0.2, 0.25) is 0 Å². The summed E-state index contributed by atoms with van der Waals surface area (Å²) >= 11 is 0. The number of benzene rings is 1. The van der Waals surface area contributed by atoms with E-state index in [2.05, 4.69) is 10.6 Å². The maximum absolute atomic E-state index is 13.7. The molecule has 0 saturated heterocycles. The van der Waals surface area contributed by atoms with Crippen LogP contribution in [-0.4, -0.2) is 45.9 Å². The smallest absolute Gasteiger partial charge is 0.251 e. The van der Waals surface area contributed by atoms with Gasteiger partial charge in [-0.25, -0.2) is 4.39 Å². The van der Waals surface area contributed by atoms with E-state index in [-0.39, 0.29) is 36.8 Å². The topological polar surface area (TPSA) is 59.6 Å². The second-order valence-corrected chi connectivity index (χ2v) is 4.75. The van der Waals surface area contributed by atoms with Gasteiger partial charge in [0, 0.05) is 30.8 Å². The Balaban J connectivity index is 0.00000441. The molecule has 22 heavy (non-hydrogen) atoms. The van der Waals surface area contributed by atoms with Crippen molar-refractivity contribution in [3.63, 3.8) is 0 Å². The van der Waals surface area contributed by atoms with E-state index in [0.717, 1.165) is 0 Å². The molecule has 1 aromatic rings. The monoisotopic (exact) mass is 334 g/mol. The van der Waals surface area contributed by atoms with E-state index in [0.29, 0.717) is 30.9 Å². The second-order valence-electron chi connectivity index (χ2n) is 4.75. The van der Waals surface area contributed by atoms with E-state index in [9.17, 15) is 9.18 Å². The first-order valence-corrected chi connectivity index (χ1v) is 6.89. The third kappa shape index (κ3) is 7.17. The molecule has 0 aliphatic rings. The number of carbonyl (C=O) groups is 1. The summed E-state index contributed by atoms with van der Waals surface area (Å²) in [5, 5.41) is 5.81. The summed E-state index contributed by atoms with van der Waals surface area (Å²) < 4.78 is 23.8. The quantitative estimate of drug-likeness (QED) is 0.675. The molecule has 0 spiro atoms. The first-order valence-electron chi connectivity index (χ1n) is 6.89. The maximum Gasteiger partial charge on any atom is 0.251 e. The summed E-state index contributed by atoms with van der Waals surface area (Å²) in [4.78, 5) is 12.0. The highest BCUT2D eigenvalue weighted by Crippen LogP contribution is 2.12. The molecule has 0 radical (unpaired) electrons. The normalized spacial score (nSPS) is 11.6. The van der Waals surface area contributed by atoms with Crippen LogP contribution in [0.5, 0.6) is 0 Å². The number of likely N-dealkylation sites (N-methyl/N-ethyl adjacent to an activating group) is 1. The molecule has 0 heterocycles. The molecule has 5 nitrogen and oxygen atoms in total. The van der Waals surface area contributed by atoms with E-state index in [1.165, 1.54) is 18.2 Å². The van der Waals surface area contributed by atoms with E-state index in [1.54, 1.807) is 7.11 Å². The first-order chi connectivity index (χ1) is 10.1. The number of ether oxygens (including phenoxy) is 2. The highest BCUT2D eigenvalue weighted by Gasteiger charge is 2.10. The molecular weight excluding hydrogens is 311 g/mol. The van der Waals surface area contributed by atoms with Crippen LogP contribution in [0.15, 0.2) is 18.2 Å². The minimum Gasteiger partial charge on any atom is -0.382 e. The lowest BCUT2D eigenvalue weighted by Crippen LogP contribution is -2.37. The summed E-state index contributed by atoms with van der Waals surface area (Å²) in [5.74, 6) is -0.609. The largest absolute Gasteiger partial charge is 0.382 e. The average Bonchev–Trinajstić information content (AvgIpc) is 2.50. The van der Waals surface area contributed by atoms with Gasteiger partial charge in [-0.1, -0.05) is 0 Å². The van der Waals surface area contributed by atoms with Crippen LogP contribution in [-0.2, 0) is 16.1 Å². The van der Waals surface area contributed by atoms with Gasteiger partial charge in [0.25, 0.3) is 5.91 Å². The van der Waals surface area contributed by atoms with E-state index >= 15 is 0 Å². The van der Waals surface area contributed by atoms with Gasteiger partial charge >= 0.3 is 0 Å². The highest BCUT2D eigenvalue weighted by atomic mass is 35.5. The van der Waals surface area contributed by atoms with Gasteiger partial charge in [-0.2, -0.15) is 0 Å². The number of nitrogens with one attached hydrogen (secondary N) is 2. The van der Waals surface area contributed by atoms with Gasteiger partial charge in [-0.15, -0.1) is 12.4 Å². The van der Waals surface area contributed by atoms with Crippen molar-refractivity contribution in [1.29, 1.82) is 0 Å².